The van der Waals surface area contributed by atoms with Crippen molar-refractivity contribution in [1.29, 1.82) is 0 Å². The van der Waals surface area contributed by atoms with Crippen LogP contribution < -0.4 is 20.9 Å². The predicted octanol–water partition coefficient (Wildman–Crippen LogP) is 4.45. The summed E-state index contributed by atoms with van der Waals surface area (Å²) in [6.07, 6.45) is 0.299. The number of nitrogens with one attached hydrogen (secondary N) is 3. The summed E-state index contributed by atoms with van der Waals surface area (Å²) in [5.41, 5.74) is 4.68. The van der Waals surface area contributed by atoms with Crippen LogP contribution in [0.15, 0.2) is 72.8 Å². The molecule has 0 spiro atoms. The third-order valence-electron chi connectivity index (χ3n) is 7.84. The van der Waals surface area contributed by atoms with E-state index >= 15 is 0 Å². The molecule has 1 aliphatic heterocycles. The Morgan fingerprint density at radius 3 is 2.40 bits per heavy atom. The van der Waals surface area contributed by atoms with Crippen LogP contribution in [0.4, 0.5) is 5.69 Å². The molecule has 0 saturated carbocycles. The van der Waals surface area contributed by atoms with Crippen LogP contribution in [0.3, 0.4) is 0 Å². The van der Waals surface area contributed by atoms with Crippen molar-refractivity contribution in [3.05, 3.63) is 89.5 Å². The molecule has 3 atom stereocenters. The zero-order valence-electron chi connectivity index (χ0n) is 25.8. The molecule has 0 aliphatic carbocycles. The van der Waals surface area contributed by atoms with Gasteiger partial charge in [-0.05, 0) is 74.4 Å². The number of nitrogens with zero attached hydrogens (tertiary/aromatic N) is 1. The third-order valence-corrected chi connectivity index (χ3v) is 7.84. The van der Waals surface area contributed by atoms with E-state index in [4.69, 9.17) is 0 Å². The zero-order valence-corrected chi connectivity index (χ0v) is 25.8. The van der Waals surface area contributed by atoms with Crippen LogP contribution in [0.25, 0.3) is 11.1 Å². The minimum Gasteiger partial charge on any atom is -0.392 e. The van der Waals surface area contributed by atoms with Crippen molar-refractivity contribution in [2.75, 3.05) is 18.0 Å². The van der Waals surface area contributed by atoms with Crippen LogP contribution in [0, 0.1) is 5.92 Å². The van der Waals surface area contributed by atoms with E-state index in [1.807, 2.05) is 100 Å². The number of anilines is 1. The largest absolute Gasteiger partial charge is 0.392 e. The summed E-state index contributed by atoms with van der Waals surface area (Å²) in [5.74, 6) is -0.580. The van der Waals surface area contributed by atoms with Crippen molar-refractivity contribution < 1.29 is 19.5 Å². The fourth-order valence-corrected chi connectivity index (χ4v) is 5.58. The third kappa shape index (κ3) is 8.09. The highest BCUT2D eigenvalue weighted by Gasteiger charge is 2.36. The van der Waals surface area contributed by atoms with Gasteiger partial charge in [0.25, 0.3) is 5.91 Å². The number of aliphatic hydroxyl groups excluding tert-OH is 1. The van der Waals surface area contributed by atoms with Crippen LogP contribution in [0.2, 0.25) is 0 Å². The molecule has 228 valence electrons. The molecule has 1 aliphatic rings. The number of β-amino-alcohol motifs (C(OH)–C–C–N with tert-alkyl or cyclic N) is 1. The summed E-state index contributed by atoms with van der Waals surface area (Å²) in [7, 11) is 0. The van der Waals surface area contributed by atoms with Gasteiger partial charge in [0.15, 0.2) is 0 Å². The first-order chi connectivity index (χ1) is 20.5. The smallest absolute Gasteiger partial charge is 0.251 e. The molecule has 8 nitrogen and oxygen atoms in total. The molecule has 0 radical (unpaired) electrons. The van der Waals surface area contributed by atoms with Gasteiger partial charge in [0.05, 0.1) is 12.6 Å². The Morgan fingerprint density at radius 2 is 1.70 bits per heavy atom. The molecule has 3 aromatic rings. The first-order valence-electron chi connectivity index (χ1n) is 15.1. The first-order valence-corrected chi connectivity index (χ1v) is 15.1. The summed E-state index contributed by atoms with van der Waals surface area (Å²) < 4.78 is 0. The second-order valence-electron chi connectivity index (χ2n) is 12.2. The van der Waals surface area contributed by atoms with Crippen LogP contribution in [0.5, 0.6) is 0 Å². The Kier molecular flexibility index (Phi) is 10.4. The minimum absolute atomic E-state index is 0.107. The second kappa shape index (κ2) is 14.0. The number of rotatable bonds is 11. The molecular formula is C35H44N4O4. The summed E-state index contributed by atoms with van der Waals surface area (Å²) in [5, 5.41) is 18.8. The van der Waals surface area contributed by atoms with E-state index in [2.05, 4.69) is 16.0 Å². The maximum Gasteiger partial charge on any atom is 0.251 e. The van der Waals surface area contributed by atoms with E-state index in [0.29, 0.717) is 31.6 Å². The van der Waals surface area contributed by atoms with Crippen molar-refractivity contribution in [3.8, 4) is 11.1 Å². The van der Waals surface area contributed by atoms with E-state index in [1.165, 1.54) is 0 Å². The summed E-state index contributed by atoms with van der Waals surface area (Å²) in [4.78, 5) is 41.7. The number of fused-ring (bicyclic) bond motifs is 1. The highest BCUT2D eigenvalue weighted by Crippen LogP contribution is 2.32. The average Bonchev–Trinajstić information content (AvgIpc) is 3.06. The van der Waals surface area contributed by atoms with E-state index in [0.717, 1.165) is 27.9 Å². The fraction of sp³-hybridized carbons (Fsp3) is 0.400. The van der Waals surface area contributed by atoms with Crippen LogP contribution in [-0.4, -0.2) is 53.6 Å². The van der Waals surface area contributed by atoms with E-state index in [1.54, 1.807) is 11.8 Å². The van der Waals surface area contributed by atoms with E-state index in [9.17, 15) is 19.5 Å². The van der Waals surface area contributed by atoms with Gasteiger partial charge in [-0.2, -0.15) is 0 Å². The maximum absolute atomic E-state index is 14.1. The first kappa shape index (κ1) is 31.9. The topological polar surface area (TPSA) is 111 Å². The Balaban J connectivity index is 1.56. The van der Waals surface area contributed by atoms with Gasteiger partial charge in [-0.1, -0.05) is 67.6 Å². The SMILES string of the molecule is CCNC(=O)c1ccccc1-c1ccc(CN2C(=O)C(NC(=O)CC(C)(C)NC[C@@H](C)O)C(C)Cc3ccccc32)cc1. The Morgan fingerprint density at radius 1 is 1.02 bits per heavy atom. The summed E-state index contributed by atoms with van der Waals surface area (Å²) in [6, 6.07) is 22.7. The molecule has 8 heteroatoms. The number of para-hydroxylation sites is 1. The van der Waals surface area contributed by atoms with Gasteiger partial charge in [0.1, 0.15) is 6.04 Å². The van der Waals surface area contributed by atoms with Crippen molar-refractivity contribution in [3.63, 3.8) is 0 Å². The monoisotopic (exact) mass is 584 g/mol. The Bertz CT molecular complexity index is 1430. The lowest BCUT2D eigenvalue weighted by Crippen LogP contribution is -2.53. The fourth-order valence-electron chi connectivity index (χ4n) is 5.58. The quantitative estimate of drug-likeness (QED) is 0.266. The molecule has 0 fully saturated rings. The lowest BCUT2D eigenvalue weighted by atomic mass is 9.93. The van der Waals surface area contributed by atoms with E-state index in [-0.39, 0.29) is 30.1 Å². The number of hydrogen-bond donors (Lipinski definition) is 4. The summed E-state index contributed by atoms with van der Waals surface area (Å²) in [6.45, 7) is 10.7. The maximum atomic E-state index is 14.1. The highest BCUT2D eigenvalue weighted by molar-refractivity contribution is 6.01. The Hall–Kier alpha value is -4.01. The van der Waals surface area contributed by atoms with Gasteiger partial charge in [0.2, 0.25) is 11.8 Å². The summed E-state index contributed by atoms with van der Waals surface area (Å²) >= 11 is 0. The molecule has 1 heterocycles. The van der Waals surface area contributed by atoms with Crippen molar-refractivity contribution in [2.45, 2.75) is 71.7 Å². The average molecular weight is 585 g/mol. The van der Waals surface area contributed by atoms with Gasteiger partial charge in [-0.25, -0.2) is 0 Å². The van der Waals surface area contributed by atoms with Crippen LogP contribution in [-0.2, 0) is 22.6 Å². The number of carbonyl (C=O) groups is 3. The molecule has 3 amide bonds. The second-order valence-corrected chi connectivity index (χ2v) is 12.2. The van der Waals surface area contributed by atoms with Crippen molar-refractivity contribution in [1.82, 2.24) is 16.0 Å². The molecule has 0 saturated heterocycles. The normalized spacial score (nSPS) is 17.5. The minimum atomic E-state index is -0.685. The molecule has 2 unspecified atom stereocenters. The molecule has 0 bridgehead atoms. The molecule has 0 aromatic heterocycles. The van der Waals surface area contributed by atoms with Gasteiger partial charge >= 0.3 is 0 Å². The predicted molar refractivity (Wildman–Crippen MR) is 171 cm³/mol. The van der Waals surface area contributed by atoms with Crippen molar-refractivity contribution >= 4 is 23.4 Å². The van der Waals surface area contributed by atoms with Gasteiger partial charge < -0.3 is 26.0 Å². The lowest BCUT2D eigenvalue weighted by molar-refractivity contribution is -0.129. The number of carbonyl (C=O) groups excluding carboxylic acids is 3. The molecule has 4 N–H and O–H groups in total. The molecular weight excluding hydrogens is 540 g/mol. The molecule has 4 rings (SSSR count). The zero-order chi connectivity index (χ0) is 31.1. The number of benzene rings is 3. The van der Waals surface area contributed by atoms with E-state index < -0.39 is 17.7 Å². The Labute approximate surface area is 254 Å². The molecule has 3 aromatic carbocycles. The number of hydrogen-bond acceptors (Lipinski definition) is 5. The standard InChI is InChI=1S/C35H44N4O4/c1-6-36-33(42)29-13-9-8-12-28(29)26-17-15-25(16-18-26)22-39-30-14-10-7-11-27(30)19-23(2)32(34(39)43)38-31(41)20-35(4,5)37-21-24(3)40/h7-18,23-24,32,37,40H,6,19-22H2,1-5H3,(H,36,42)(H,38,41)/t23?,24-,32?/m1/s1. The van der Waals surface area contributed by atoms with Gasteiger partial charge in [0, 0.05) is 36.3 Å². The molecule has 43 heavy (non-hydrogen) atoms. The van der Waals surface area contributed by atoms with Crippen LogP contribution >= 0.6 is 0 Å². The number of aliphatic hydroxyl groups is 1. The highest BCUT2D eigenvalue weighted by atomic mass is 16.3. The van der Waals surface area contributed by atoms with Crippen LogP contribution in [0.1, 0.15) is 62.5 Å². The number of amides is 3. The lowest BCUT2D eigenvalue weighted by Gasteiger charge is -2.30. The van der Waals surface area contributed by atoms with Gasteiger partial charge in [-0.3, -0.25) is 14.4 Å². The van der Waals surface area contributed by atoms with Crippen molar-refractivity contribution in [2.24, 2.45) is 5.92 Å². The van der Waals surface area contributed by atoms with Gasteiger partial charge in [-0.15, -0.1) is 0 Å².